The van der Waals surface area contributed by atoms with E-state index in [0.717, 1.165) is 0 Å². The molecule has 0 spiro atoms. The van der Waals surface area contributed by atoms with E-state index in [1.165, 1.54) is 24.6 Å². The second-order valence-electron chi connectivity index (χ2n) is 2.19. The number of hydrogen-bond donors (Lipinski definition) is 1. The van der Waals surface area contributed by atoms with Gasteiger partial charge in [-0.2, -0.15) is 0 Å². The van der Waals surface area contributed by atoms with Crippen molar-refractivity contribution in [3.05, 3.63) is 16.1 Å². The molecule has 0 fully saturated rings. The average molecular weight is 187 g/mol. The summed E-state index contributed by atoms with van der Waals surface area (Å²) in [6.45, 7) is 0.200. The lowest BCUT2D eigenvalue weighted by molar-refractivity contribution is 0.0642. The van der Waals surface area contributed by atoms with Gasteiger partial charge in [-0.25, -0.2) is 4.98 Å². The predicted molar refractivity (Wildman–Crippen MR) is 44.3 cm³/mol. The topological polar surface area (TPSA) is 59.4 Å². The lowest BCUT2D eigenvalue weighted by atomic mass is 10.4. The molecule has 0 aliphatic rings. The molecule has 66 valence electrons. The predicted octanol–water partition coefficient (Wildman–Crippen LogP) is 0.635. The molecule has 0 aromatic carbocycles. The molecule has 5 heteroatoms. The second kappa shape index (κ2) is 4.30. The van der Waals surface area contributed by atoms with E-state index in [1.54, 1.807) is 0 Å². The zero-order valence-corrected chi connectivity index (χ0v) is 7.37. The summed E-state index contributed by atoms with van der Waals surface area (Å²) in [5.74, 6) is 0. The summed E-state index contributed by atoms with van der Waals surface area (Å²) in [6, 6.07) is 0. The van der Waals surface area contributed by atoms with Crippen LogP contribution < -0.4 is 0 Å². The van der Waals surface area contributed by atoms with E-state index >= 15 is 0 Å². The molecule has 0 saturated carbocycles. The van der Waals surface area contributed by atoms with Gasteiger partial charge in [0.2, 0.25) is 0 Å². The maximum atomic E-state index is 10.3. The van der Waals surface area contributed by atoms with Gasteiger partial charge in [0.1, 0.15) is 11.1 Å². The number of methoxy groups -OCH3 is 1. The largest absolute Gasteiger partial charge is 0.383 e. The highest BCUT2D eigenvalue weighted by atomic mass is 32.1. The van der Waals surface area contributed by atoms with Crippen LogP contribution in [0.5, 0.6) is 0 Å². The first-order valence-electron chi connectivity index (χ1n) is 3.36. The number of hydrogen-bond acceptors (Lipinski definition) is 5. The van der Waals surface area contributed by atoms with Crippen LogP contribution in [0, 0.1) is 0 Å². The molecular formula is C7H9NO3S. The van der Waals surface area contributed by atoms with Gasteiger partial charge in [0.15, 0.2) is 6.29 Å². The smallest absolute Gasteiger partial charge is 0.161 e. The fourth-order valence-electron chi connectivity index (χ4n) is 0.738. The van der Waals surface area contributed by atoms with Crippen molar-refractivity contribution in [2.75, 3.05) is 13.7 Å². The highest BCUT2D eigenvalue weighted by Gasteiger charge is 2.11. The number of thiazole rings is 1. The van der Waals surface area contributed by atoms with Crippen LogP contribution in [0.4, 0.5) is 0 Å². The SMILES string of the molecule is COCC(O)c1ncc(C=O)s1. The Kier molecular flexibility index (Phi) is 3.33. The first-order chi connectivity index (χ1) is 5.77. The van der Waals surface area contributed by atoms with Crippen LogP contribution in [0.3, 0.4) is 0 Å². The molecule has 0 radical (unpaired) electrons. The van der Waals surface area contributed by atoms with Gasteiger partial charge < -0.3 is 9.84 Å². The summed E-state index contributed by atoms with van der Waals surface area (Å²) in [4.78, 5) is 14.6. The van der Waals surface area contributed by atoms with Crippen molar-refractivity contribution in [3.63, 3.8) is 0 Å². The zero-order chi connectivity index (χ0) is 8.97. The number of carbonyl (C=O) groups excluding carboxylic acids is 1. The normalized spacial score (nSPS) is 12.8. The summed E-state index contributed by atoms with van der Waals surface area (Å²) in [5, 5.41) is 9.85. The lowest BCUT2D eigenvalue weighted by Crippen LogP contribution is -2.03. The Bertz CT molecular complexity index is 261. The molecule has 0 bridgehead atoms. The number of aliphatic hydroxyl groups excluding tert-OH is 1. The van der Waals surface area contributed by atoms with Crippen LogP contribution in [0.1, 0.15) is 20.8 Å². The Morgan fingerprint density at radius 2 is 2.67 bits per heavy atom. The van der Waals surface area contributed by atoms with Crippen LogP contribution in [-0.4, -0.2) is 30.1 Å². The molecule has 1 aromatic heterocycles. The summed E-state index contributed by atoms with van der Waals surface area (Å²) in [7, 11) is 1.50. The highest BCUT2D eigenvalue weighted by Crippen LogP contribution is 2.18. The Hall–Kier alpha value is -0.780. The van der Waals surface area contributed by atoms with Crippen molar-refractivity contribution in [2.45, 2.75) is 6.10 Å². The van der Waals surface area contributed by atoms with E-state index in [2.05, 4.69) is 4.98 Å². The van der Waals surface area contributed by atoms with Crippen LogP contribution in [0.15, 0.2) is 6.20 Å². The number of aldehydes is 1. The van der Waals surface area contributed by atoms with Crippen molar-refractivity contribution >= 4 is 17.6 Å². The highest BCUT2D eigenvalue weighted by molar-refractivity contribution is 7.13. The van der Waals surface area contributed by atoms with Crippen molar-refractivity contribution < 1.29 is 14.6 Å². The summed E-state index contributed by atoms with van der Waals surface area (Å²) in [6.07, 6.45) is 1.42. The molecule has 1 rings (SSSR count). The van der Waals surface area contributed by atoms with Crippen LogP contribution >= 0.6 is 11.3 Å². The van der Waals surface area contributed by atoms with Crippen molar-refractivity contribution in [3.8, 4) is 0 Å². The molecule has 1 N–H and O–H groups in total. The minimum Gasteiger partial charge on any atom is -0.383 e. The Morgan fingerprint density at radius 3 is 3.17 bits per heavy atom. The van der Waals surface area contributed by atoms with Gasteiger partial charge in [0.25, 0.3) is 0 Å². The summed E-state index contributed by atoms with van der Waals surface area (Å²) >= 11 is 1.17. The molecular weight excluding hydrogens is 178 g/mol. The number of aromatic nitrogens is 1. The molecule has 0 aliphatic carbocycles. The Labute approximate surface area is 73.8 Å². The number of carbonyl (C=O) groups is 1. The van der Waals surface area contributed by atoms with E-state index in [-0.39, 0.29) is 6.61 Å². The van der Waals surface area contributed by atoms with Gasteiger partial charge in [-0.05, 0) is 0 Å². The van der Waals surface area contributed by atoms with Gasteiger partial charge in [0.05, 0.1) is 11.5 Å². The minimum absolute atomic E-state index is 0.200. The maximum Gasteiger partial charge on any atom is 0.161 e. The molecule has 1 unspecified atom stereocenters. The van der Waals surface area contributed by atoms with Crippen LogP contribution in [0.2, 0.25) is 0 Å². The molecule has 0 aliphatic heterocycles. The maximum absolute atomic E-state index is 10.3. The average Bonchev–Trinajstić information content (AvgIpc) is 2.52. The molecule has 12 heavy (non-hydrogen) atoms. The third-order valence-electron chi connectivity index (χ3n) is 1.27. The molecule has 0 saturated heterocycles. The quantitative estimate of drug-likeness (QED) is 0.702. The Balaban J connectivity index is 2.67. The van der Waals surface area contributed by atoms with Gasteiger partial charge in [-0.15, -0.1) is 11.3 Å². The number of nitrogens with zero attached hydrogens (tertiary/aromatic N) is 1. The Morgan fingerprint density at radius 1 is 1.92 bits per heavy atom. The lowest BCUT2D eigenvalue weighted by Gasteiger charge is -2.03. The van der Waals surface area contributed by atoms with E-state index in [1.807, 2.05) is 0 Å². The van der Waals surface area contributed by atoms with Gasteiger partial charge >= 0.3 is 0 Å². The fourth-order valence-corrected chi connectivity index (χ4v) is 1.44. The molecule has 4 nitrogen and oxygen atoms in total. The van der Waals surface area contributed by atoms with E-state index in [0.29, 0.717) is 16.2 Å². The van der Waals surface area contributed by atoms with Gasteiger partial charge in [-0.1, -0.05) is 0 Å². The van der Waals surface area contributed by atoms with Gasteiger partial charge in [0, 0.05) is 13.3 Å². The fraction of sp³-hybridized carbons (Fsp3) is 0.429. The van der Waals surface area contributed by atoms with Crippen LogP contribution in [-0.2, 0) is 4.74 Å². The number of ether oxygens (including phenoxy) is 1. The number of rotatable bonds is 4. The minimum atomic E-state index is -0.728. The third-order valence-corrected chi connectivity index (χ3v) is 2.29. The number of aliphatic hydroxyl groups is 1. The van der Waals surface area contributed by atoms with Crippen LogP contribution in [0.25, 0.3) is 0 Å². The molecule has 1 heterocycles. The van der Waals surface area contributed by atoms with Crippen molar-refractivity contribution in [1.29, 1.82) is 0 Å². The third kappa shape index (κ3) is 2.10. The standard InChI is InChI=1S/C7H9NO3S/c1-11-4-6(10)7-8-2-5(3-9)12-7/h2-3,6,10H,4H2,1H3. The first-order valence-corrected chi connectivity index (χ1v) is 4.17. The second-order valence-corrected chi connectivity index (χ2v) is 3.28. The van der Waals surface area contributed by atoms with Crippen molar-refractivity contribution in [2.24, 2.45) is 0 Å². The van der Waals surface area contributed by atoms with Gasteiger partial charge in [-0.3, -0.25) is 4.79 Å². The van der Waals surface area contributed by atoms with E-state index in [9.17, 15) is 9.90 Å². The molecule has 0 amide bonds. The first kappa shape index (κ1) is 9.31. The molecule has 1 atom stereocenters. The van der Waals surface area contributed by atoms with E-state index < -0.39 is 6.10 Å². The van der Waals surface area contributed by atoms with Crippen molar-refractivity contribution in [1.82, 2.24) is 4.98 Å². The summed E-state index contributed by atoms with van der Waals surface area (Å²) in [5.41, 5.74) is 0. The zero-order valence-electron chi connectivity index (χ0n) is 6.56. The van der Waals surface area contributed by atoms with E-state index in [4.69, 9.17) is 4.74 Å². The monoisotopic (exact) mass is 187 g/mol. The molecule has 1 aromatic rings. The summed E-state index contributed by atoms with van der Waals surface area (Å²) < 4.78 is 4.73.